The summed E-state index contributed by atoms with van der Waals surface area (Å²) in [5, 5.41) is 5.78. The molecule has 4 heteroatoms. The van der Waals surface area contributed by atoms with Gasteiger partial charge in [-0.15, -0.1) is 0 Å². The van der Waals surface area contributed by atoms with Crippen LogP contribution in [0, 0.1) is 5.82 Å². The van der Waals surface area contributed by atoms with E-state index in [1.807, 2.05) is 13.8 Å². The monoisotopic (exact) mass is 252 g/mol. The molecule has 18 heavy (non-hydrogen) atoms. The third-order valence-electron chi connectivity index (χ3n) is 2.77. The molecule has 1 aromatic rings. The molecule has 0 saturated carbocycles. The number of carbonyl (C=O) groups excluding carboxylic acids is 1. The number of halogens is 1. The van der Waals surface area contributed by atoms with Crippen molar-refractivity contribution in [3.63, 3.8) is 0 Å². The van der Waals surface area contributed by atoms with Gasteiger partial charge in [-0.3, -0.25) is 4.79 Å². The Kier molecular flexibility index (Phi) is 5.28. The van der Waals surface area contributed by atoms with Crippen LogP contribution < -0.4 is 10.6 Å². The second-order valence-corrected chi connectivity index (χ2v) is 5.09. The molecule has 0 unspecified atom stereocenters. The van der Waals surface area contributed by atoms with Crippen molar-refractivity contribution in [1.29, 1.82) is 0 Å². The quantitative estimate of drug-likeness (QED) is 0.811. The molecule has 100 valence electrons. The van der Waals surface area contributed by atoms with E-state index in [0.717, 1.165) is 18.4 Å². The average molecular weight is 252 g/mol. The normalized spacial score (nSPS) is 11.3. The van der Waals surface area contributed by atoms with Gasteiger partial charge in [-0.2, -0.15) is 0 Å². The summed E-state index contributed by atoms with van der Waals surface area (Å²) in [4.78, 5) is 11.5. The lowest BCUT2D eigenvalue weighted by Crippen LogP contribution is -2.46. The second kappa shape index (κ2) is 6.50. The fourth-order valence-corrected chi connectivity index (χ4v) is 1.75. The maximum atomic E-state index is 12.8. The van der Waals surface area contributed by atoms with Crippen LogP contribution in [0.1, 0.15) is 25.8 Å². The molecule has 1 rings (SSSR count). The van der Waals surface area contributed by atoms with Crippen molar-refractivity contribution in [3.05, 3.63) is 35.6 Å². The van der Waals surface area contributed by atoms with Crippen molar-refractivity contribution in [2.24, 2.45) is 0 Å². The summed E-state index contributed by atoms with van der Waals surface area (Å²) >= 11 is 0. The maximum absolute atomic E-state index is 12.8. The molecule has 0 aliphatic heterocycles. The average Bonchev–Trinajstić information content (AvgIpc) is 2.28. The summed E-state index contributed by atoms with van der Waals surface area (Å²) in [7, 11) is 1.74. The fraction of sp³-hybridized carbons (Fsp3) is 0.500. The zero-order valence-electron chi connectivity index (χ0n) is 11.2. The van der Waals surface area contributed by atoms with E-state index in [4.69, 9.17) is 0 Å². The van der Waals surface area contributed by atoms with E-state index in [2.05, 4.69) is 10.6 Å². The van der Waals surface area contributed by atoms with Crippen LogP contribution in [-0.4, -0.2) is 25.0 Å². The van der Waals surface area contributed by atoms with Crippen LogP contribution in [0.25, 0.3) is 0 Å². The molecule has 2 N–H and O–H groups in total. The van der Waals surface area contributed by atoms with E-state index in [0.29, 0.717) is 6.54 Å². The third-order valence-corrected chi connectivity index (χ3v) is 2.77. The maximum Gasteiger partial charge on any atom is 0.234 e. The Morgan fingerprint density at radius 2 is 1.89 bits per heavy atom. The number of likely N-dealkylation sites (N-methyl/N-ethyl adjacent to an activating group) is 1. The highest BCUT2D eigenvalue weighted by atomic mass is 19.1. The van der Waals surface area contributed by atoms with Gasteiger partial charge in [0.15, 0.2) is 0 Å². The van der Waals surface area contributed by atoms with Crippen LogP contribution in [0.3, 0.4) is 0 Å². The molecule has 0 radical (unpaired) electrons. The van der Waals surface area contributed by atoms with Crippen molar-refractivity contribution in [2.75, 3.05) is 13.6 Å². The highest BCUT2D eigenvalue weighted by molar-refractivity contribution is 5.78. The topological polar surface area (TPSA) is 41.1 Å². The number of nitrogens with one attached hydrogen (secondary N) is 2. The second-order valence-electron chi connectivity index (χ2n) is 5.09. The first-order chi connectivity index (χ1) is 8.43. The molecular weight excluding hydrogens is 231 g/mol. The van der Waals surface area contributed by atoms with Crippen molar-refractivity contribution in [1.82, 2.24) is 10.6 Å². The molecule has 1 aromatic carbocycles. The number of hydrogen-bond donors (Lipinski definition) is 2. The van der Waals surface area contributed by atoms with Gasteiger partial charge in [0.1, 0.15) is 5.82 Å². The van der Waals surface area contributed by atoms with Gasteiger partial charge in [0.2, 0.25) is 5.91 Å². The fourth-order valence-electron chi connectivity index (χ4n) is 1.75. The Morgan fingerprint density at radius 1 is 1.28 bits per heavy atom. The number of amides is 1. The SMILES string of the molecule is CNCC(=O)NC(C)(C)CCc1ccc(F)cc1. The highest BCUT2D eigenvalue weighted by Gasteiger charge is 2.19. The van der Waals surface area contributed by atoms with Gasteiger partial charge in [-0.1, -0.05) is 12.1 Å². The van der Waals surface area contributed by atoms with Crippen molar-refractivity contribution in [3.8, 4) is 0 Å². The first-order valence-corrected chi connectivity index (χ1v) is 6.13. The first-order valence-electron chi connectivity index (χ1n) is 6.13. The summed E-state index contributed by atoms with van der Waals surface area (Å²) in [5.74, 6) is -0.234. The summed E-state index contributed by atoms with van der Waals surface area (Å²) in [5.41, 5.74) is 0.815. The molecule has 0 bridgehead atoms. The van der Waals surface area contributed by atoms with E-state index in [1.165, 1.54) is 12.1 Å². The highest BCUT2D eigenvalue weighted by Crippen LogP contribution is 2.14. The molecular formula is C14H21FN2O. The summed E-state index contributed by atoms with van der Waals surface area (Å²) in [6.45, 7) is 4.30. The smallest absolute Gasteiger partial charge is 0.234 e. The predicted octanol–water partition coefficient (Wildman–Crippen LogP) is 1.87. The van der Waals surface area contributed by atoms with Crippen molar-refractivity contribution < 1.29 is 9.18 Å². The van der Waals surface area contributed by atoms with E-state index < -0.39 is 0 Å². The van der Waals surface area contributed by atoms with Crippen molar-refractivity contribution >= 4 is 5.91 Å². The van der Waals surface area contributed by atoms with Gasteiger partial charge in [-0.25, -0.2) is 4.39 Å². The Balaban J connectivity index is 2.45. The first kappa shape index (κ1) is 14.6. The lowest BCUT2D eigenvalue weighted by atomic mass is 9.95. The van der Waals surface area contributed by atoms with E-state index in [-0.39, 0.29) is 17.3 Å². The minimum absolute atomic E-state index is 0.0124. The van der Waals surface area contributed by atoms with Crippen LogP contribution in [0.2, 0.25) is 0 Å². The van der Waals surface area contributed by atoms with E-state index in [1.54, 1.807) is 19.2 Å². The molecule has 0 spiro atoms. The number of aryl methyl sites for hydroxylation is 1. The van der Waals surface area contributed by atoms with Gasteiger partial charge in [-0.05, 0) is 51.4 Å². The molecule has 0 fully saturated rings. The van der Waals surface area contributed by atoms with E-state index in [9.17, 15) is 9.18 Å². The van der Waals surface area contributed by atoms with Crippen LogP contribution in [-0.2, 0) is 11.2 Å². The number of hydrogen-bond acceptors (Lipinski definition) is 2. The molecule has 0 atom stereocenters. The Hall–Kier alpha value is -1.42. The molecule has 1 amide bonds. The Bertz CT molecular complexity index is 387. The van der Waals surface area contributed by atoms with Gasteiger partial charge >= 0.3 is 0 Å². The predicted molar refractivity (Wildman–Crippen MR) is 70.9 cm³/mol. The van der Waals surface area contributed by atoms with Gasteiger partial charge < -0.3 is 10.6 Å². The minimum Gasteiger partial charge on any atom is -0.350 e. The van der Waals surface area contributed by atoms with Crippen LogP contribution >= 0.6 is 0 Å². The molecule has 3 nitrogen and oxygen atoms in total. The zero-order valence-corrected chi connectivity index (χ0v) is 11.2. The Labute approximate surface area is 108 Å². The molecule has 0 saturated heterocycles. The molecule has 0 aliphatic rings. The zero-order chi connectivity index (χ0) is 13.6. The van der Waals surface area contributed by atoms with Crippen LogP contribution in [0.5, 0.6) is 0 Å². The van der Waals surface area contributed by atoms with Gasteiger partial charge in [0.05, 0.1) is 6.54 Å². The Morgan fingerprint density at radius 3 is 2.44 bits per heavy atom. The van der Waals surface area contributed by atoms with Gasteiger partial charge in [0, 0.05) is 5.54 Å². The van der Waals surface area contributed by atoms with Crippen LogP contribution in [0.15, 0.2) is 24.3 Å². The molecule has 0 aliphatic carbocycles. The van der Waals surface area contributed by atoms with E-state index >= 15 is 0 Å². The summed E-state index contributed by atoms with van der Waals surface area (Å²) < 4.78 is 12.8. The number of rotatable bonds is 6. The largest absolute Gasteiger partial charge is 0.350 e. The molecule has 0 heterocycles. The number of carbonyl (C=O) groups is 1. The lowest BCUT2D eigenvalue weighted by molar-refractivity contribution is -0.121. The standard InChI is InChI=1S/C14H21FN2O/c1-14(2,17-13(18)10-16-3)9-8-11-4-6-12(15)7-5-11/h4-7,16H,8-10H2,1-3H3,(H,17,18). The van der Waals surface area contributed by atoms with Gasteiger partial charge in [0.25, 0.3) is 0 Å². The molecule has 0 aromatic heterocycles. The third kappa shape index (κ3) is 5.27. The lowest BCUT2D eigenvalue weighted by Gasteiger charge is -2.26. The summed E-state index contributed by atoms with van der Waals surface area (Å²) in [6, 6.07) is 6.48. The number of benzene rings is 1. The van der Waals surface area contributed by atoms with Crippen LogP contribution in [0.4, 0.5) is 4.39 Å². The minimum atomic E-state index is -0.262. The van der Waals surface area contributed by atoms with Crippen molar-refractivity contribution in [2.45, 2.75) is 32.2 Å². The summed E-state index contributed by atoms with van der Waals surface area (Å²) in [6.07, 6.45) is 1.63.